The second-order valence-electron chi connectivity index (χ2n) is 11.1. The van der Waals surface area contributed by atoms with E-state index in [1.54, 1.807) is 22.5 Å². The summed E-state index contributed by atoms with van der Waals surface area (Å²) in [6.07, 6.45) is 2.23. The SMILES string of the molecule is CC(C)[C@H](c1cccc(Cl)c1)[C@H](N)C(=O)Cc1cccc(F)c1CC[C@H]1CNC[C@H](C)N1S(=O)(=O)C1CC1. The van der Waals surface area contributed by atoms with Gasteiger partial charge in [-0.15, -0.1) is 0 Å². The molecule has 0 bridgehead atoms. The highest BCUT2D eigenvalue weighted by molar-refractivity contribution is 7.90. The van der Waals surface area contributed by atoms with Gasteiger partial charge in [0.25, 0.3) is 0 Å². The van der Waals surface area contributed by atoms with Crippen LogP contribution in [0.2, 0.25) is 5.02 Å². The van der Waals surface area contributed by atoms with Crippen molar-refractivity contribution >= 4 is 27.4 Å². The number of hydrogen-bond acceptors (Lipinski definition) is 5. The van der Waals surface area contributed by atoms with Crippen LogP contribution in [0.3, 0.4) is 0 Å². The topological polar surface area (TPSA) is 92.5 Å². The van der Waals surface area contributed by atoms with Gasteiger partial charge >= 0.3 is 0 Å². The van der Waals surface area contributed by atoms with E-state index in [2.05, 4.69) is 5.32 Å². The summed E-state index contributed by atoms with van der Waals surface area (Å²) in [7, 11) is -3.37. The van der Waals surface area contributed by atoms with Crippen LogP contribution in [0.4, 0.5) is 4.39 Å². The molecule has 6 nitrogen and oxygen atoms in total. The Bertz CT molecular complexity index is 1250. The molecule has 2 aromatic rings. The van der Waals surface area contributed by atoms with E-state index in [0.29, 0.717) is 54.9 Å². The van der Waals surface area contributed by atoms with Crippen LogP contribution < -0.4 is 11.1 Å². The van der Waals surface area contributed by atoms with Crippen LogP contribution in [-0.2, 0) is 27.7 Å². The number of piperazine rings is 1. The van der Waals surface area contributed by atoms with Crippen molar-refractivity contribution in [1.82, 2.24) is 9.62 Å². The second-order valence-corrected chi connectivity index (χ2v) is 13.7. The standard InChI is InChI=1S/C29H39ClFN3O3S/c1-18(2)28(21-7-4-8-22(30)14-21)29(32)27(35)15-20-6-5-9-26(31)25(20)13-10-23-17-33-16-19(3)34(23)38(36,37)24-11-12-24/h4-9,14,18-19,23-24,28-29,33H,10-13,15-17,32H2,1-3H3/t19-,23-,28+,29+/m0/s1. The summed E-state index contributed by atoms with van der Waals surface area (Å²) in [6.45, 7) is 7.09. The highest BCUT2D eigenvalue weighted by atomic mass is 35.5. The Hall–Kier alpha value is -1.84. The van der Waals surface area contributed by atoms with Gasteiger partial charge < -0.3 is 11.1 Å². The molecule has 1 saturated heterocycles. The van der Waals surface area contributed by atoms with E-state index < -0.39 is 16.1 Å². The molecule has 38 heavy (non-hydrogen) atoms. The molecular formula is C29H39ClFN3O3S. The molecule has 208 valence electrons. The molecule has 1 saturated carbocycles. The summed E-state index contributed by atoms with van der Waals surface area (Å²) in [5.41, 5.74) is 8.49. The van der Waals surface area contributed by atoms with Crippen LogP contribution in [0.1, 0.15) is 62.6 Å². The zero-order valence-corrected chi connectivity index (χ0v) is 23.9. The molecule has 0 spiro atoms. The minimum atomic E-state index is -3.37. The molecule has 9 heteroatoms. The maximum atomic E-state index is 15.1. The zero-order chi connectivity index (χ0) is 27.6. The Morgan fingerprint density at radius 1 is 1.18 bits per heavy atom. The lowest BCUT2D eigenvalue weighted by atomic mass is 9.80. The van der Waals surface area contributed by atoms with E-state index >= 15 is 4.39 Å². The summed E-state index contributed by atoms with van der Waals surface area (Å²) >= 11 is 6.20. The molecule has 0 amide bonds. The van der Waals surface area contributed by atoms with Crippen molar-refractivity contribution in [2.45, 2.75) is 82.2 Å². The summed E-state index contributed by atoms with van der Waals surface area (Å²) in [6, 6.07) is 11.0. The number of nitrogens with one attached hydrogen (secondary N) is 1. The van der Waals surface area contributed by atoms with Crippen molar-refractivity contribution in [3.05, 3.63) is 70.0 Å². The highest BCUT2D eigenvalue weighted by Crippen LogP contribution is 2.35. The lowest BCUT2D eigenvalue weighted by Crippen LogP contribution is -2.59. The fraction of sp³-hybridized carbons (Fsp3) is 0.552. The Labute approximate surface area is 231 Å². The van der Waals surface area contributed by atoms with Crippen LogP contribution in [0, 0.1) is 11.7 Å². The van der Waals surface area contributed by atoms with Gasteiger partial charge in [-0.3, -0.25) is 4.79 Å². The summed E-state index contributed by atoms with van der Waals surface area (Å²) in [5, 5.41) is 3.62. The smallest absolute Gasteiger partial charge is 0.217 e. The molecule has 1 aliphatic carbocycles. The van der Waals surface area contributed by atoms with E-state index in [-0.39, 0.29) is 47.2 Å². The van der Waals surface area contributed by atoms with Crippen molar-refractivity contribution < 1.29 is 17.6 Å². The normalized spacial score (nSPS) is 22.4. The third-order valence-corrected chi connectivity index (χ3v) is 10.7. The fourth-order valence-electron chi connectivity index (χ4n) is 5.81. The Balaban J connectivity index is 1.51. The first-order chi connectivity index (χ1) is 18.0. The molecule has 4 rings (SSSR count). The Morgan fingerprint density at radius 3 is 2.55 bits per heavy atom. The molecule has 2 fully saturated rings. The van der Waals surface area contributed by atoms with E-state index in [9.17, 15) is 13.2 Å². The minimum Gasteiger partial charge on any atom is -0.321 e. The van der Waals surface area contributed by atoms with E-state index in [0.717, 1.165) is 5.56 Å². The zero-order valence-electron chi connectivity index (χ0n) is 22.4. The van der Waals surface area contributed by atoms with Crippen LogP contribution in [0.15, 0.2) is 42.5 Å². The lowest BCUT2D eigenvalue weighted by Gasteiger charge is -2.40. The average Bonchev–Trinajstić information content (AvgIpc) is 3.70. The summed E-state index contributed by atoms with van der Waals surface area (Å²) in [4.78, 5) is 13.4. The number of rotatable bonds is 11. The predicted octanol–water partition coefficient (Wildman–Crippen LogP) is 4.44. The number of halogens is 2. The number of hydrogen-bond donors (Lipinski definition) is 2. The lowest BCUT2D eigenvalue weighted by molar-refractivity contribution is -0.120. The average molecular weight is 564 g/mol. The minimum absolute atomic E-state index is 0.0153. The van der Waals surface area contributed by atoms with E-state index in [4.69, 9.17) is 17.3 Å². The van der Waals surface area contributed by atoms with Crippen molar-refractivity contribution in [2.75, 3.05) is 13.1 Å². The fourth-order valence-corrected chi connectivity index (χ4v) is 8.26. The van der Waals surface area contributed by atoms with Crippen LogP contribution >= 0.6 is 11.6 Å². The summed E-state index contributed by atoms with van der Waals surface area (Å²) in [5.74, 6) is -0.678. The van der Waals surface area contributed by atoms with Crippen molar-refractivity contribution in [1.29, 1.82) is 0 Å². The number of benzene rings is 2. The number of sulfonamides is 1. The van der Waals surface area contributed by atoms with Gasteiger partial charge in [0, 0.05) is 42.5 Å². The molecule has 0 unspecified atom stereocenters. The largest absolute Gasteiger partial charge is 0.321 e. The van der Waals surface area contributed by atoms with Crippen LogP contribution in [0.5, 0.6) is 0 Å². The third-order valence-electron chi connectivity index (χ3n) is 7.87. The first-order valence-electron chi connectivity index (χ1n) is 13.5. The van der Waals surface area contributed by atoms with Gasteiger partial charge in [-0.05, 0) is 73.4 Å². The Kier molecular flexibility index (Phi) is 9.30. The van der Waals surface area contributed by atoms with Crippen molar-refractivity contribution in [3.8, 4) is 0 Å². The molecule has 0 aromatic heterocycles. The van der Waals surface area contributed by atoms with Gasteiger partial charge in [0.1, 0.15) is 5.82 Å². The molecule has 1 aliphatic heterocycles. The monoisotopic (exact) mass is 563 g/mol. The maximum Gasteiger partial charge on any atom is 0.217 e. The maximum absolute atomic E-state index is 15.1. The Morgan fingerprint density at radius 2 is 1.89 bits per heavy atom. The van der Waals surface area contributed by atoms with Crippen molar-refractivity contribution in [3.63, 3.8) is 0 Å². The molecular weight excluding hydrogens is 525 g/mol. The molecule has 3 N–H and O–H groups in total. The number of ketones is 1. The van der Waals surface area contributed by atoms with Crippen molar-refractivity contribution in [2.24, 2.45) is 11.7 Å². The summed E-state index contributed by atoms with van der Waals surface area (Å²) < 4.78 is 43.0. The number of carbonyl (C=O) groups excluding carboxylic acids is 1. The first-order valence-corrected chi connectivity index (χ1v) is 15.4. The highest BCUT2D eigenvalue weighted by Gasteiger charge is 2.45. The van der Waals surface area contributed by atoms with E-state index in [1.807, 2.05) is 39.0 Å². The predicted molar refractivity (Wildman–Crippen MR) is 150 cm³/mol. The molecule has 0 radical (unpaired) electrons. The molecule has 1 heterocycles. The van der Waals surface area contributed by atoms with Gasteiger partial charge in [0.05, 0.1) is 11.3 Å². The number of nitrogens with zero attached hydrogens (tertiary/aromatic N) is 1. The van der Waals surface area contributed by atoms with Gasteiger partial charge in [-0.25, -0.2) is 12.8 Å². The number of Topliss-reactive ketones (excluding diaryl/α,β-unsaturated/α-hetero) is 1. The van der Waals surface area contributed by atoms with Gasteiger partial charge in [0.15, 0.2) is 5.78 Å². The van der Waals surface area contributed by atoms with Gasteiger partial charge in [-0.2, -0.15) is 4.31 Å². The molecule has 2 aromatic carbocycles. The molecule has 2 aliphatic rings. The van der Waals surface area contributed by atoms with Crippen LogP contribution in [-0.4, -0.2) is 55.0 Å². The molecule has 4 atom stereocenters. The number of nitrogens with two attached hydrogens (primary N) is 1. The van der Waals surface area contributed by atoms with Crippen LogP contribution in [0.25, 0.3) is 0 Å². The number of carbonyl (C=O) groups is 1. The van der Waals surface area contributed by atoms with E-state index in [1.165, 1.54) is 6.07 Å². The second kappa shape index (κ2) is 12.1. The first kappa shape index (κ1) is 29.2. The quantitative estimate of drug-likeness (QED) is 0.421. The third kappa shape index (κ3) is 6.48. The van der Waals surface area contributed by atoms with Gasteiger partial charge in [-0.1, -0.05) is 49.7 Å². The van der Waals surface area contributed by atoms with Gasteiger partial charge in [0.2, 0.25) is 10.0 Å².